The molecule has 1 fully saturated rings. The van der Waals surface area contributed by atoms with Crippen molar-refractivity contribution >= 4 is 6.09 Å². The lowest BCUT2D eigenvalue weighted by Gasteiger charge is -2.11. The van der Waals surface area contributed by atoms with E-state index in [0.717, 1.165) is 11.3 Å². The molecule has 0 aliphatic carbocycles. The molecule has 0 spiro atoms. The van der Waals surface area contributed by atoms with Gasteiger partial charge in [0.2, 0.25) is 0 Å². The van der Waals surface area contributed by atoms with Crippen LogP contribution in [0.2, 0.25) is 0 Å². The summed E-state index contributed by atoms with van der Waals surface area (Å²) < 4.78 is 4.83. The number of hydrogen-bond donors (Lipinski definition) is 0. The van der Waals surface area contributed by atoms with Gasteiger partial charge >= 0.3 is 6.09 Å². The molecule has 0 radical (unpaired) electrons. The number of aromatic nitrogens is 1. The highest BCUT2D eigenvalue weighted by molar-refractivity contribution is 5.69. The molecule has 1 aromatic heterocycles. The fourth-order valence-corrected chi connectivity index (χ4v) is 1.38. The van der Waals surface area contributed by atoms with Gasteiger partial charge < -0.3 is 9.64 Å². The summed E-state index contributed by atoms with van der Waals surface area (Å²) in [5.41, 5.74) is 2.02. The van der Waals surface area contributed by atoms with Crippen molar-refractivity contribution in [2.75, 3.05) is 13.2 Å². The molecule has 1 aliphatic heterocycles. The Hall–Kier alpha value is -1.58. The first kappa shape index (κ1) is 8.99. The van der Waals surface area contributed by atoms with E-state index in [0.29, 0.717) is 19.7 Å². The van der Waals surface area contributed by atoms with E-state index in [4.69, 9.17) is 4.74 Å². The number of cyclic esters (lactones) is 1. The maximum Gasteiger partial charge on any atom is 0.410 e. The number of nitrogens with zero attached hydrogens (tertiary/aromatic N) is 2. The van der Waals surface area contributed by atoms with E-state index in [1.807, 2.05) is 19.1 Å². The summed E-state index contributed by atoms with van der Waals surface area (Å²) in [4.78, 5) is 17.0. The van der Waals surface area contributed by atoms with Gasteiger partial charge in [-0.15, -0.1) is 0 Å². The molecular formula is C10H12N2O2. The Morgan fingerprint density at radius 3 is 3.00 bits per heavy atom. The SMILES string of the molecule is Cc1ccc(CN2CCOC2=O)cn1. The van der Waals surface area contributed by atoms with Crippen LogP contribution < -0.4 is 0 Å². The van der Waals surface area contributed by atoms with E-state index < -0.39 is 0 Å². The Balaban J connectivity index is 2.03. The molecule has 2 heterocycles. The minimum Gasteiger partial charge on any atom is -0.448 e. The summed E-state index contributed by atoms with van der Waals surface area (Å²) >= 11 is 0. The summed E-state index contributed by atoms with van der Waals surface area (Å²) in [6.07, 6.45) is 1.56. The van der Waals surface area contributed by atoms with Gasteiger partial charge in [-0.2, -0.15) is 0 Å². The summed E-state index contributed by atoms with van der Waals surface area (Å²) in [7, 11) is 0. The van der Waals surface area contributed by atoms with Crippen LogP contribution in [-0.4, -0.2) is 29.1 Å². The summed E-state index contributed by atoms with van der Waals surface area (Å²) in [6.45, 7) is 3.70. The van der Waals surface area contributed by atoms with Crippen LogP contribution in [0.25, 0.3) is 0 Å². The van der Waals surface area contributed by atoms with Crippen LogP contribution in [0, 0.1) is 6.92 Å². The number of carbonyl (C=O) groups excluding carboxylic acids is 1. The van der Waals surface area contributed by atoms with Crippen LogP contribution in [-0.2, 0) is 11.3 Å². The molecule has 74 valence electrons. The van der Waals surface area contributed by atoms with Crippen LogP contribution in [0.4, 0.5) is 4.79 Å². The average Bonchev–Trinajstić information content (AvgIpc) is 2.56. The Bertz CT molecular complexity index is 334. The number of aryl methyl sites for hydroxylation is 1. The van der Waals surface area contributed by atoms with Gasteiger partial charge in [-0.25, -0.2) is 4.79 Å². The average molecular weight is 192 g/mol. The lowest BCUT2D eigenvalue weighted by atomic mass is 10.2. The molecule has 0 saturated carbocycles. The van der Waals surface area contributed by atoms with Crippen molar-refractivity contribution in [3.63, 3.8) is 0 Å². The maximum atomic E-state index is 11.1. The van der Waals surface area contributed by atoms with Crippen LogP contribution in [0.3, 0.4) is 0 Å². The van der Waals surface area contributed by atoms with Crippen molar-refractivity contribution in [2.24, 2.45) is 0 Å². The molecule has 4 nitrogen and oxygen atoms in total. The van der Waals surface area contributed by atoms with Crippen LogP contribution in [0.1, 0.15) is 11.3 Å². The number of carbonyl (C=O) groups is 1. The van der Waals surface area contributed by atoms with Crippen molar-refractivity contribution < 1.29 is 9.53 Å². The van der Waals surface area contributed by atoms with Gasteiger partial charge in [0.05, 0.1) is 13.1 Å². The second kappa shape index (κ2) is 3.65. The number of ether oxygens (including phenoxy) is 1. The molecule has 1 aromatic rings. The number of amides is 1. The highest BCUT2D eigenvalue weighted by atomic mass is 16.6. The molecule has 0 unspecified atom stereocenters. The second-order valence-corrected chi connectivity index (χ2v) is 3.34. The predicted molar refractivity (Wildman–Crippen MR) is 50.7 cm³/mol. The third-order valence-electron chi connectivity index (χ3n) is 2.19. The van der Waals surface area contributed by atoms with Crippen molar-refractivity contribution in [2.45, 2.75) is 13.5 Å². The van der Waals surface area contributed by atoms with E-state index in [9.17, 15) is 4.79 Å². The van der Waals surface area contributed by atoms with Crippen molar-refractivity contribution in [3.05, 3.63) is 29.6 Å². The van der Waals surface area contributed by atoms with Crippen molar-refractivity contribution in [3.8, 4) is 0 Å². The Morgan fingerprint density at radius 1 is 1.57 bits per heavy atom. The molecule has 1 aliphatic rings. The quantitative estimate of drug-likeness (QED) is 0.710. The summed E-state index contributed by atoms with van der Waals surface area (Å²) in [5.74, 6) is 0. The number of pyridine rings is 1. The zero-order valence-electron chi connectivity index (χ0n) is 8.06. The molecule has 1 amide bonds. The molecule has 1 saturated heterocycles. The predicted octanol–water partition coefficient (Wildman–Crippen LogP) is 1.34. The standard InChI is InChI=1S/C10H12N2O2/c1-8-2-3-9(6-11-8)7-12-4-5-14-10(12)13/h2-3,6H,4-5,7H2,1H3. The lowest BCUT2D eigenvalue weighted by molar-refractivity contribution is 0.157. The first-order chi connectivity index (χ1) is 6.75. The van der Waals surface area contributed by atoms with Gasteiger partial charge in [-0.05, 0) is 18.6 Å². The van der Waals surface area contributed by atoms with Gasteiger partial charge in [-0.3, -0.25) is 4.98 Å². The monoisotopic (exact) mass is 192 g/mol. The zero-order valence-corrected chi connectivity index (χ0v) is 8.06. The Labute approximate surface area is 82.5 Å². The molecule has 0 bridgehead atoms. The molecule has 0 N–H and O–H groups in total. The largest absolute Gasteiger partial charge is 0.448 e. The van der Waals surface area contributed by atoms with Gasteiger partial charge in [0, 0.05) is 11.9 Å². The minimum absolute atomic E-state index is 0.231. The van der Waals surface area contributed by atoms with E-state index >= 15 is 0 Å². The number of hydrogen-bond acceptors (Lipinski definition) is 3. The lowest BCUT2D eigenvalue weighted by Crippen LogP contribution is -2.23. The Kier molecular flexibility index (Phi) is 2.35. The zero-order chi connectivity index (χ0) is 9.97. The third-order valence-corrected chi connectivity index (χ3v) is 2.19. The van der Waals surface area contributed by atoms with Gasteiger partial charge in [0.25, 0.3) is 0 Å². The van der Waals surface area contributed by atoms with Gasteiger partial charge in [0.1, 0.15) is 6.61 Å². The number of rotatable bonds is 2. The fraction of sp³-hybridized carbons (Fsp3) is 0.400. The maximum absolute atomic E-state index is 11.1. The van der Waals surface area contributed by atoms with Crippen LogP contribution in [0.15, 0.2) is 18.3 Å². The molecular weight excluding hydrogens is 180 g/mol. The molecule has 14 heavy (non-hydrogen) atoms. The van der Waals surface area contributed by atoms with E-state index in [1.54, 1.807) is 11.1 Å². The van der Waals surface area contributed by atoms with Gasteiger partial charge in [-0.1, -0.05) is 6.07 Å². The Morgan fingerprint density at radius 2 is 2.43 bits per heavy atom. The minimum atomic E-state index is -0.231. The van der Waals surface area contributed by atoms with Crippen molar-refractivity contribution in [1.82, 2.24) is 9.88 Å². The summed E-state index contributed by atoms with van der Waals surface area (Å²) in [6, 6.07) is 3.92. The van der Waals surface area contributed by atoms with Crippen LogP contribution in [0.5, 0.6) is 0 Å². The first-order valence-electron chi connectivity index (χ1n) is 4.59. The smallest absolute Gasteiger partial charge is 0.410 e. The normalized spacial score (nSPS) is 15.8. The second-order valence-electron chi connectivity index (χ2n) is 3.34. The molecule has 2 rings (SSSR count). The highest BCUT2D eigenvalue weighted by Gasteiger charge is 2.21. The van der Waals surface area contributed by atoms with Crippen LogP contribution >= 0.6 is 0 Å². The summed E-state index contributed by atoms with van der Waals surface area (Å²) in [5, 5.41) is 0. The van der Waals surface area contributed by atoms with E-state index in [1.165, 1.54) is 0 Å². The first-order valence-corrected chi connectivity index (χ1v) is 4.59. The molecule has 0 atom stereocenters. The molecule has 4 heteroatoms. The van der Waals surface area contributed by atoms with E-state index in [2.05, 4.69) is 4.98 Å². The molecule has 0 aromatic carbocycles. The third kappa shape index (κ3) is 1.84. The highest BCUT2D eigenvalue weighted by Crippen LogP contribution is 2.09. The fourth-order valence-electron chi connectivity index (χ4n) is 1.38. The van der Waals surface area contributed by atoms with Gasteiger partial charge in [0.15, 0.2) is 0 Å². The topological polar surface area (TPSA) is 42.4 Å². The van der Waals surface area contributed by atoms with E-state index in [-0.39, 0.29) is 6.09 Å². The van der Waals surface area contributed by atoms with Crippen molar-refractivity contribution in [1.29, 1.82) is 0 Å².